The second-order valence-corrected chi connectivity index (χ2v) is 33.5. The molecule has 0 spiro atoms. The van der Waals surface area contributed by atoms with Crippen LogP contribution in [0.25, 0.3) is 84.2 Å². The van der Waals surface area contributed by atoms with Crippen LogP contribution in [0.1, 0.15) is 166 Å². The molecule has 3 aliphatic carbocycles. The molecule has 110 heavy (non-hydrogen) atoms. The number of fused-ring (bicyclic) bond motifs is 9. The van der Waals surface area contributed by atoms with Crippen molar-refractivity contribution in [2.45, 2.75) is 150 Å². The van der Waals surface area contributed by atoms with E-state index in [-0.39, 0.29) is 16.2 Å². The van der Waals surface area contributed by atoms with E-state index in [1.165, 1.54) is 150 Å². The highest BCUT2D eigenvalue weighted by molar-refractivity contribution is 5.85. The summed E-state index contributed by atoms with van der Waals surface area (Å²) >= 11 is 0. The summed E-state index contributed by atoms with van der Waals surface area (Å²) in [5.74, 6) is 0. The van der Waals surface area contributed by atoms with Crippen LogP contribution in [0.3, 0.4) is 0 Å². The number of aryl methyl sites for hydroxylation is 12. The molecule has 0 saturated carbocycles. The van der Waals surface area contributed by atoms with Crippen molar-refractivity contribution in [2.24, 2.45) is 0 Å². The summed E-state index contributed by atoms with van der Waals surface area (Å²) in [5, 5.41) is 16.5. The van der Waals surface area contributed by atoms with Gasteiger partial charge in [-0.3, -0.25) is 0 Å². The van der Waals surface area contributed by atoms with Gasteiger partial charge in [-0.2, -0.15) is 15.3 Å². The second-order valence-electron chi connectivity index (χ2n) is 33.5. The van der Waals surface area contributed by atoms with Gasteiger partial charge < -0.3 is 0 Å². The van der Waals surface area contributed by atoms with Gasteiger partial charge in [-0.15, -0.1) is 0 Å². The van der Waals surface area contributed by atoms with Gasteiger partial charge in [-0.1, -0.05) is 260 Å². The molecule has 12 aromatic carbocycles. The van der Waals surface area contributed by atoms with E-state index in [0.717, 1.165) is 89.8 Å². The summed E-state index contributed by atoms with van der Waals surface area (Å²) in [4.78, 5) is 0. The van der Waals surface area contributed by atoms with Crippen molar-refractivity contribution in [1.82, 2.24) is 29.3 Å². The van der Waals surface area contributed by atoms with E-state index in [0.29, 0.717) is 0 Å². The van der Waals surface area contributed by atoms with Gasteiger partial charge in [0, 0.05) is 38.4 Å². The summed E-state index contributed by atoms with van der Waals surface area (Å²) < 4.78 is 6.65. The Morgan fingerprint density at radius 3 is 0.764 bits per heavy atom. The first-order chi connectivity index (χ1) is 53.1. The summed E-state index contributed by atoms with van der Waals surface area (Å²) in [6.07, 6.45) is 4.96. The maximum Gasteiger partial charge on any atom is 0.0749 e. The lowest BCUT2D eigenvalue weighted by atomic mass is 9.70. The molecule has 0 N–H and O–H groups in total. The Balaban J connectivity index is 0.654. The summed E-state index contributed by atoms with van der Waals surface area (Å²) in [6, 6.07) is 103. The average molecular weight is 1430 g/mol. The lowest BCUT2D eigenvalue weighted by Crippen LogP contribution is -2.25. The molecule has 6 nitrogen and oxygen atoms in total. The zero-order valence-corrected chi connectivity index (χ0v) is 65.9. The molecule has 3 heterocycles. The van der Waals surface area contributed by atoms with Crippen LogP contribution in [0.15, 0.2) is 273 Å². The minimum Gasteiger partial charge on any atom is -0.233 e. The van der Waals surface area contributed by atoms with Gasteiger partial charge >= 0.3 is 0 Å². The fourth-order valence-electron chi connectivity index (χ4n) is 19.2. The minimum absolute atomic E-state index is 0.125. The molecule has 15 aromatic rings. The predicted molar refractivity (Wildman–Crippen MR) is 455 cm³/mol. The normalized spacial score (nSPS) is 13.9. The van der Waals surface area contributed by atoms with E-state index in [2.05, 4.69) is 377 Å². The van der Waals surface area contributed by atoms with E-state index in [1.807, 2.05) is 0 Å². The van der Waals surface area contributed by atoms with Crippen molar-refractivity contribution in [3.8, 4) is 84.2 Å². The molecule has 0 fully saturated rings. The number of benzene rings is 12. The summed E-state index contributed by atoms with van der Waals surface area (Å²) in [7, 11) is 0. The van der Waals surface area contributed by atoms with Crippen LogP contribution in [-0.4, -0.2) is 29.3 Å². The minimum atomic E-state index is -0.490. The fourth-order valence-corrected chi connectivity index (χ4v) is 19.2. The van der Waals surface area contributed by atoms with Crippen LogP contribution in [0.2, 0.25) is 0 Å². The zero-order chi connectivity index (χ0) is 75.7. The highest BCUT2D eigenvalue weighted by Gasteiger charge is 2.39. The van der Waals surface area contributed by atoms with E-state index < -0.39 is 5.41 Å². The molecule has 18 rings (SSSR count). The van der Waals surface area contributed by atoms with Gasteiger partial charge in [-0.25, -0.2) is 14.0 Å². The molecule has 0 saturated heterocycles. The number of aromatic nitrogens is 6. The Morgan fingerprint density at radius 2 is 0.500 bits per heavy atom. The smallest absolute Gasteiger partial charge is 0.0749 e. The molecule has 0 amide bonds. The van der Waals surface area contributed by atoms with Gasteiger partial charge in [0.15, 0.2) is 0 Å². The van der Waals surface area contributed by atoms with Crippen molar-refractivity contribution >= 4 is 0 Å². The van der Waals surface area contributed by atoms with Crippen LogP contribution in [0, 0.1) is 41.5 Å². The maximum atomic E-state index is 5.51. The van der Waals surface area contributed by atoms with Crippen LogP contribution >= 0.6 is 0 Å². The lowest BCUT2D eigenvalue weighted by Gasteiger charge is -2.32. The Labute approximate surface area is 649 Å². The molecule has 0 unspecified atom stereocenters. The quantitative estimate of drug-likeness (QED) is 0.0805. The van der Waals surface area contributed by atoms with Crippen LogP contribution in [-0.2, 0) is 60.2 Å². The van der Waals surface area contributed by atoms with Gasteiger partial charge in [-0.05, 0) is 275 Å². The highest BCUT2D eigenvalue weighted by Crippen LogP contribution is 2.53. The van der Waals surface area contributed by atoms with Gasteiger partial charge in [0.25, 0.3) is 0 Å². The summed E-state index contributed by atoms with van der Waals surface area (Å²) in [6.45, 7) is 29.9. The number of hydrogen-bond acceptors (Lipinski definition) is 3. The third kappa shape index (κ3) is 11.7. The Morgan fingerprint density at radius 1 is 0.255 bits per heavy atom. The van der Waals surface area contributed by atoms with Crippen molar-refractivity contribution < 1.29 is 0 Å². The van der Waals surface area contributed by atoms with Gasteiger partial charge in [0.05, 0.1) is 51.2 Å². The second kappa shape index (κ2) is 26.8. The molecule has 0 aliphatic heterocycles. The van der Waals surface area contributed by atoms with Crippen LogP contribution in [0.5, 0.6) is 0 Å². The first-order valence-electron chi connectivity index (χ1n) is 39.6. The van der Waals surface area contributed by atoms with Crippen molar-refractivity contribution in [3.63, 3.8) is 0 Å². The number of nitrogens with zero attached hydrogens (tertiary/aromatic N) is 6. The third-order valence-electron chi connectivity index (χ3n) is 25.5. The van der Waals surface area contributed by atoms with E-state index >= 15 is 0 Å². The average Bonchev–Trinajstić information content (AvgIpc) is 1.57. The predicted octanol–water partition coefficient (Wildman–Crippen LogP) is 24.7. The molecule has 3 aliphatic rings. The Kier molecular flexibility index (Phi) is 17.1. The van der Waals surface area contributed by atoms with Gasteiger partial charge in [0.1, 0.15) is 0 Å². The van der Waals surface area contributed by atoms with E-state index in [9.17, 15) is 0 Å². The number of hydrogen-bond donors (Lipinski definition) is 0. The lowest BCUT2D eigenvalue weighted by molar-refractivity contribution is 0.658. The molecule has 0 bridgehead atoms. The largest absolute Gasteiger partial charge is 0.233 e. The molecular weight excluding hydrogens is 1330 g/mol. The maximum absolute atomic E-state index is 5.51. The first-order valence-corrected chi connectivity index (χ1v) is 39.6. The van der Waals surface area contributed by atoms with Crippen LogP contribution < -0.4 is 0 Å². The van der Waals surface area contributed by atoms with E-state index in [1.54, 1.807) is 0 Å². The fraction of sp³-hybridized carbons (Fsp3) is 0.221. The monoisotopic (exact) mass is 1430 g/mol. The van der Waals surface area contributed by atoms with Crippen molar-refractivity contribution in [2.75, 3.05) is 0 Å². The summed E-state index contributed by atoms with van der Waals surface area (Å²) in [5.41, 5.74) is 43.9. The molecule has 0 radical (unpaired) electrons. The van der Waals surface area contributed by atoms with Crippen LogP contribution in [0.4, 0.5) is 0 Å². The van der Waals surface area contributed by atoms with Gasteiger partial charge in [0.2, 0.25) is 0 Å². The first kappa shape index (κ1) is 70.0. The molecule has 6 heteroatoms. The standard InChI is InChI=1S/C104H96N6/c1-65-23-20-24-66(2)98(65)95-59-77(105-108(95)80-53-56-86-83-29-14-17-32-89(83)101(7,8)92(86)62-80)50-41-71-35-44-74(45-36-71)104(13,75-46-37-72(38-47-75)42-51-78-60-96(99-67(3)25-21-26-68(99)4)109(106-78)81-54-57-87-84-30-15-18-33-90(84)102(9,10)93(87)63-81)76-48-39-73(40-49-76)43-52-79-61-97(100-69(5)27-22-28-70(100)6)110(107-79)82-55-58-88-85-31-16-19-34-91(85)103(11,12)94(88)64-82/h14-40,44-49,53-64H,41-43,50-52H2,1-13H3. The third-order valence-corrected chi connectivity index (χ3v) is 25.5. The highest BCUT2D eigenvalue weighted by atomic mass is 15.3. The van der Waals surface area contributed by atoms with Crippen molar-refractivity contribution in [1.29, 1.82) is 0 Å². The number of rotatable bonds is 18. The Bertz CT molecular complexity index is 5480. The molecule has 3 aromatic heterocycles. The molecular formula is C104H96N6. The zero-order valence-electron chi connectivity index (χ0n) is 65.9. The van der Waals surface area contributed by atoms with E-state index in [4.69, 9.17) is 15.3 Å². The molecule has 0 atom stereocenters. The van der Waals surface area contributed by atoms with Crippen molar-refractivity contribution in [3.05, 3.63) is 390 Å². The SMILES string of the molecule is Cc1cccc(C)c1-c1cc(CCc2ccc(C(C)(c3ccc(CCc4cc(-c5c(C)cccc5C)n(-c5ccc6c(c5)C(C)(C)c5ccccc5-6)n4)cc3)c3ccc(CCc4cc(-c5c(C)cccc5C)n(-c5ccc6c(c5)C(C)(C)c5ccccc5-6)n4)cc3)cc2)nn1-c1ccc2c(c1)C(C)(C)c1ccccc1-2. The topological polar surface area (TPSA) is 53.5 Å². The Hall–Kier alpha value is -11.7. The molecule has 542 valence electrons.